The van der Waals surface area contributed by atoms with E-state index in [1.54, 1.807) is 14.1 Å². The minimum atomic E-state index is -1.13. The number of carbonyl (C=O) groups excluding carboxylic acids is 2. The van der Waals surface area contributed by atoms with Gasteiger partial charge in [-0.25, -0.2) is 9.59 Å². The predicted molar refractivity (Wildman–Crippen MR) is 71.5 cm³/mol. The number of urea groups is 1. The standard InChI is InChI=1S/C12H16N4O4/c1-16(2)10(17)3-4-14-12(20)15-9-5-8(11(18)19)6-13-7-9/h5-7H,3-4H2,1-2H3,(H,18,19)(H2,14,15,20). The lowest BCUT2D eigenvalue weighted by molar-refractivity contribution is -0.128. The van der Waals surface area contributed by atoms with Crippen molar-refractivity contribution in [1.82, 2.24) is 15.2 Å². The topological polar surface area (TPSA) is 112 Å². The van der Waals surface area contributed by atoms with Gasteiger partial charge < -0.3 is 20.6 Å². The SMILES string of the molecule is CN(C)C(=O)CCNC(=O)Nc1cncc(C(=O)O)c1. The number of rotatable bonds is 5. The second-order valence-corrected chi connectivity index (χ2v) is 4.19. The van der Waals surface area contributed by atoms with Crippen LogP contribution in [0.3, 0.4) is 0 Å². The van der Waals surface area contributed by atoms with Gasteiger partial charge in [0.2, 0.25) is 5.91 Å². The second-order valence-electron chi connectivity index (χ2n) is 4.19. The van der Waals surface area contributed by atoms with Crippen LogP contribution in [0.5, 0.6) is 0 Å². The van der Waals surface area contributed by atoms with Gasteiger partial charge in [-0.3, -0.25) is 9.78 Å². The molecule has 0 bridgehead atoms. The van der Waals surface area contributed by atoms with E-state index in [0.717, 1.165) is 0 Å². The fourth-order valence-electron chi connectivity index (χ4n) is 1.31. The molecule has 0 unspecified atom stereocenters. The van der Waals surface area contributed by atoms with Crippen LogP contribution in [-0.4, -0.2) is 53.5 Å². The molecule has 0 aliphatic heterocycles. The van der Waals surface area contributed by atoms with Gasteiger partial charge >= 0.3 is 12.0 Å². The number of pyridine rings is 1. The molecule has 0 spiro atoms. The van der Waals surface area contributed by atoms with Crippen LogP contribution in [0.2, 0.25) is 0 Å². The van der Waals surface area contributed by atoms with Crippen LogP contribution in [0.1, 0.15) is 16.8 Å². The highest BCUT2D eigenvalue weighted by atomic mass is 16.4. The Morgan fingerprint density at radius 1 is 1.30 bits per heavy atom. The van der Waals surface area contributed by atoms with E-state index in [-0.39, 0.29) is 30.1 Å². The summed E-state index contributed by atoms with van der Waals surface area (Å²) in [6.07, 6.45) is 2.70. The molecule has 108 valence electrons. The van der Waals surface area contributed by atoms with Crippen molar-refractivity contribution in [1.29, 1.82) is 0 Å². The molecule has 8 nitrogen and oxygen atoms in total. The van der Waals surface area contributed by atoms with Gasteiger partial charge in [-0.1, -0.05) is 0 Å². The molecule has 3 amide bonds. The summed E-state index contributed by atoms with van der Waals surface area (Å²) >= 11 is 0. The number of anilines is 1. The summed E-state index contributed by atoms with van der Waals surface area (Å²) in [6.45, 7) is 0.189. The van der Waals surface area contributed by atoms with Crippen LogP contribution in [0.15, 0.2) is 18.5 Å². The quantitative estimate of drug-likeness (QED) is 0.722. The highest BCUT2D eigenvalue weighted by Gasteiger charge is 2.08. The first-order valence-electron chi connectivity index (χ1n) is 5.83. The van der Waals surface area contributed by atoms with Crippen molar-refractivity contribution in [2.45, 2.75) is 6.42 Å². The normalized spacial score (nSPS) is 9.70. The molecule has 0 aliphatic rings. The van der Waals surface area contributed by atoms with Crippen molar-refractivity contribution in [3.63, 3.8) is 0 Å². The summed E-state index contributed by atoms with van der Waals surface area (Å²) < 4.78 is 0. The number of aromatic carboxylic acids is 1. The fourth-order valence-corrected chi connectivity index (χ4v) is 1.31. The van der Waals surface area contributed by atoms with Crippen molar-refractivity contribution in [2.75, 3.05) is 26.0 Å². The third-order valence-corrected chi connectivity index (χ3v) is 2.37. The van der Waals surface area contributed by atoms with E-state index in [0.29, 0.717) is 0 Å². The first-order valence-corrected chi connectivity index (χ1v) is 5.83. The van der Waals surface area contributed by atoms with E-state index in [1.165, 1.54) is 23.4 Å². The maximum atomic E-state index is 11.5. The summed E-state index contributed by atoms with van der Waals surface area (Å²) in [6, 6.07) is 0.765. The molecule has 0 aromatic carbocycles. The number of hydrogen-bond donors (Lipinski definition) is 3. The summed E-state index contributed by atoms with van der Waals surface area (Å²) in [7, 11) is 3.26. The Bertz CT molecular complexity index is 516. The van der Waals surface area contributed by atoms with Crippen LogP contribution in [0.4, 0.5) is 10.5 Å². The average molecular weight is 280 g/mol. The fraction of sp³-hybridized carbons (Fsp3) is 0.333. The van der Waals surface area contributed by atoms with Crippen molar-refractivity contribution in [2.24, 2.45) is 0 Å². The first kappa shape index (κ1) is 15.4. The van der Waals surface area contributed by atoms with E-state index < -0.39 is 12.0 Å². The van der Waals surface area contributed by atoms with E-state index in [1.807, 2.05) is 0 Å². The van der Waals surface area contributed by atoms with Gasteiger partial charge in [0.15, 0.2) is 0 Å². The molecule has 1 heterocycles. The van der Waals surface area contributed by atoms with Gasteiger partial charge in [0.25, 0.3) is 0 Å². The summed E-state index contributed by atoms with van der Waals surface area (Å²) in [4.78, 5) is 38.7. The number of aromatic nitrogens is 1. The van der Waals surface area contributed by atoms with Crippen molar-refractivity contribution in [3.05, 3.63) is 24.0 Å². The summed E-state index contributed by atoms with van der Waals surface area (Å²) in [5.74, 6) is -1.22. The molecule has 0 fully saturated rings. The molecule has 0 atom stereocenters. The van der Waals surface area contributed by atoms with Gasteiger partial charge in [0.1, 0.15) is 0 Å². The summed E-state index contributed by atoms with van der Waals surface area (Å²) in [5, 5.41) is 13.7. The highest BCUT2D eigenvalue weighted by molar-refractivity contribution is 5.92. The van der Waals surface area contributed by atoms with Crippen LogP contribution in [0.25, 0.3) is 0 Å². The Kier molecular flexibility index (Phi) is 5.45. The smallest absolute Gasteiger partial charge is 0.337 e. The molecule has 1 rings (SSSR count). The van der Waals surface area contributed by atoms with Gasteiger partial charge in [0.05, 0.1) is 17.4 Å². The Balaban J connectivity index is 2.45. The van der Waals surface area contributed by atoms with Crippen LogP contribution < -0.4 is 10.6 Å². The number of nitrogens with zero attached hydrogens (tertiary/aromatic N) is 2. The molecule has 0 saturated carbocycles. The van der Waals surface area contributed by atoms with Gasteiger partial charge in [-0.2, -0.15) is 0 Å². The van der Waals surface area contributed by atoms with Gasteiger partial charge in [-0.05, 0) is 6.07 Å². The Morgan fingerprint density at radius 3 is 2.60 bits per heavy atom. The molecule has 20 heavy (non-hydrogen) atoms. The molecule has 8 heteroatoms. The number of nitrogens with one attached hydrogen (secondary N) is 2. The Morgan fingerprint density at radius 2 is 2.00 bits per heavy atom. The third kappa shape index (κ3) is 4.92. The minimum Gasteiger partial charge on any atom is -0.478 e. The molecule has 3 N–H and O–H groups in total. The zero-order valence-electron chi connectivity index (χ0n) is 11.2. The lowest BCUT2D eigenvalue weighted by Gasteiger charge is -2.11. The van der Waals surface area contributed by atoms with Crippen LogP contribution in [-0.2, 0) is 4.79 Å². The molecule has 1 aromatic heterocycles. The summed E-state index contributed by atoms with van der Waals surface area (Å²) in [5.41, 5.74) is 0.243. The van der Waals surface area contributed by atoms with Crippen LogP contribution >= 0.6 is 0 Å². The van der Waals surface area contributed by atoms with E-state index in [2.05, 4.69) is 15.6 Å². The highest BCUT2D eigenvalue weighted by Crippen LogP contribution is 2.07. The Hall–Kier alpha value is -2.64. The third-order valence-electron chi connectivity index (χ3n) is 2.37. The number of carbonyl (C=O) groups is 3. The number of amides is 3. The molecule has 0 saturated heterocycles. The molecular weight excluding hydrogens is 264 g/mol. The number of hydrogen-bond acceptors (Lipinski definition) is 4. The zero-order chi connectivity index (χ0) is 15.1. The van der Waals surface area contributed by atoms with E-state index in [9.17, 15) is 14.4 Å². The van der Waals surface area contributed by atoms with Gasteiger partial charge in [0, 0.05) is 33.3 Å². The molecule has 0 radical (unpaired) electrons. The molecule has 0 aliphatic carbocycles. The van der Waals surface area contributed by atoms with Gasteiger partial charge in [-0.15, -0.1) is 0 Å². The first-order chi connectivity index (χ1) is 9.40. The second kappa shape index (κ2) is 7.07. The van der Waals surface area contributed by atoms with Crippen molar-refractivity contribution < 1.29 is 19.5 Å². The molecule has 1 aromatic rings. The van der Waals surface area contributed by atoms with Crippen molar-refractivity contribution >= 4 is 23.6 Å². The van der Waals surface area contributed by atoms with E-state index in [4.69, 9.17) is 5.11 Å². The maximum absolute atomic E-state index is 11.5. The lowest BCUT2D eigenvalue weighted by atomic mass is 10.2. The van der Waals surface area contributed by atoms with Crippen LogP contribution in [0, 0.1) is 0 Å². The average Bonchev–Trinajstić information content (AvgIpc) is 2.38. The zero-order valence-corrected chi connectivity index (χ0v) is 11.2. The largest absolute Gasteiger partial charge is 0.478 e. The Labute approximate surface area is 115 Å². The number of carboxylic acids is 1. The maximum Gasteiger partial charge on any atom is 0.337 e. The van der Waals surface area contributed by atoms with E-state index >= 15 is 0 Å². The lowest BCUT2D eigenvalue weighted by Crippen LogP contribution is -2.33. The monoisotopic (exact) mass is 280 g/mol. The predicted octanol–water partition coefficient (Wildman–Crippen LogP) is 0.380. The minimum absolute atomic E-state index is 0.0226. The van der Waals surface area contributed by atoms with Crippen molar-refractivity contribution in [3.8, 4) is 0 Å². The molecular formula is C12H16N4O4. The number of carboxylic acid groups (broad SMARTS) is 1.